The zero-order valence-corrected chi connectivity index (χ0v) is 99.7. The van der Waals surface area contributed by atoms with Crippen molar-refractivity contribution in [2.24, 2.45) is 0 Å². The van der Waals surface area contributed by atoms with Crippen molar-refractivity contribution in [3.8, 4) is 18.2 Å². The SMILES string of the molecule is BrC/C=C/CBr.BrCc1ccc(CBr)cc1.BrCc1ccccc1CBr.C(=C\C[N+]12CCN(CC1)CC2)/C[N+]12CCN(CC1)CC2.C1CN2CCN1CC2.C1CN2CCN1CC2.C1CN2CCN1CC2.CC#N.CC#N.CC#N.[Br-].[Br-].[Br-].[Br-].[Br-].[Br-].c1cc(C[N+]23CCN(CC2)CC3)ccc1C[N+]12CCN(CC1)CC2.c1ccc(C[N+]23CCN(CC2)CC3)c(C[N+]23CCN(CC2)CC3)c1. The largest absolute Gasteiger partial charge is 1.00 e. The maximum absolute atomic E-state index is 7.32. The minimum Gasteiger partial charge on any atom is -1.00 e. The Bertz CT molecular complexity index is 3530. The molecule has 0 radical (unpaired) electrons. The van der Waals surface area contributed by atoms with Crippen molar-refractivity contribution in [1.82, 2.24) is 58.8 Å². The molecule has 27 aliphatic heterocycles. The molecule has 4 aromatic rings. The van der Waals surface area contributed by atoms with Gasteiger partial charge in [0.05, 0.1) is 149 Å². The molecule has 4 aromatic carbocycles. The van der Waals surface area contributed by atoms with Crippen LogP contribution in [0.3, 0.4) is 0 Å². The summed E-state index contributed by atoms with van der Waals surface area (Å²) in [7, 11) is 0. The van der Waals surface area contributed by atoms with Crippen LogP contribution < -0.4 is 102 Å². The van der Waals surface area contributed by atoms with Crippen LogP contribution in [0.15, 0.2) is 121 Å². The van der Waals surface area contributed by atoms with Crippen molar-refractivity contribution in [3.05, 3.63) is 166 Å². The predicted octanol–water partition coefficient (Wildman–Crippen LogP) is -6.46. The number of quaternary nitrogens is 6. The Morgan fingerprint density at radius 1 is 0.218 bits per heavy atom. The van der Waals surface area contributed by atoms with Gasteiger partial charge in [-0.05, 0) is 34.4 Å². The molecule has 0 amide bonds. The lowest BCUT2D eigenvalue weighted by molar-refractivity contribution is -0.956. The quantitative estimate of drug-likeness (QED) is 0.0536. The Labute approximate surface area is 918 Å². The molecule has 27 heterocycles. The van der Waals surface area contributed by atoms with E-state index >= 15 is 0 Å². The molecule has 33 heteroatoms. The van der Waals surface area contributed by atoms with Crippen molar-refractivity contribution < 1.29 is 129 Å². The number of benzene rings is 4. The molecule has 750 valence electrons. The highest BCUT2D eigenvalue weighted by Crippen LogP contribution is 2.32. The number of nitrogens with zero attached hydrogens (tertiary/aromatic N) is 21. The van der Waals surface area contributed by atoms with E-state index in [1.165, 1.54) is 463 Å². The second kappa shape index (κ2) is 66.1. The fraction of sp³-hybridized carbons (Fsp3) is 0.690. The third-order valence-corrected chi connectivity index (χ3v) is 34.3. The predicted molar refractivity (Wildman–Crippen MR) is 547 cm³/mol. The van der Waals surface area contributed by atoms with Gasteiger partial charge >= 0.3 is 0 Å². The van der Waals surface area contributed by atoms with Crippen LogP contribution in [-0.2, 0) is 47.5 Å². The van der Waals surface area contributed by atoms with Crippen LogP contribution in [0.25, 0.3) is 0 Å². The number of hydrogen-bond acceptors (Lipinski definition) is 15. The van der Waals surface area contributed by atoms with Gasteiger partial charge in [0, 0.05) is 311 Å². The van der Waals surface area contributed by atoms with Crippen molar-refractivity contribution in [3.63, 3.8) is 0 Å². The standard InChI is InChI=1S/2C20H32N4.C16H30N4.2C8H8Br2.3C6H12N2.C4H6Br2.3C2H3N.6BrH/c1-2-20(18-24-14-8-22(9-15-24)10-16-24)4-3-19(1)17-23-11-5-21(6-12-23)7-13-23;1-2-4-20(18-24-14-8-22(9-15-24)10-16-24)19(3-1)17-23-11-5-21(6-12-23)7-13-23;1(9-19-11-3-17(4-12-19)5-13-19)2-10-20-14-6-18(7-15-20)8-16-20;9-5-7-1-2-8(6-10)4-3-7;9-5-7-3-1-2-4-8(7)6-10;3*1-2-8-5-3-7(1)4-6-8;5-3-1-2-4-6;3*1-2-3;;;;;;/h2*1-4H,5-18H2;1-2H,3-16H2;2*1-4H,5-6H2;3*1-6H2;1-2H,3-4H2;3*1H3;6*1H/q3*+2;;;;;;;;;;;;;;;/p-6/b;;2-1+;;;;;;2-1+;;;;;;;;;. The lowest BCUT2D eigenvalue weighted by Gasteiger charge is -2.52. The summed E-state index contributed by atoms with van der Waals surface area (Å²) in [6.45, 7) is 84.2. The van der Waals surface area contributed by atoms with Gasteiger partial charge in [0.25, 0.3) is 0 Å². The lowest BCUT2D eigenvalue weighted by Crippen LogP contribution is -3.00. The summed E-state index contributed by atoms with van der Waals surface area (Å²) in [4.78, 5) is 31.1. The van der Waals surface area contributed by atoms with Gasteiger partial charge in [0.15, 0.2) is 0 Å². The molecule has 0 atom stereocenters. The van der Waals surface area contributed by atoms with Gasteiger partial charge in [-0.25, -0.2) is 0 Å². The Kier molecular flexibility index (Phi) is 61.3. The number of allylic oxidation sites excluding steroid dienone is 2. The van der Waals surface area contributed by atoms with E-state index in [4.69, 9.17) is 15.8 Å². The van der Waals surface area contributed by atoms with Gasteiger partial charge in [-0.2, -0.15) is 15.8 Å². The fourth-order valence-electron chi connectivity index (χ4n) is 21.8. The van der Waals surface area contributed by atoms with Gasteiger partial charge in [0.1, 0.15) is 26.2 Å². The van der Waals surface area contributed by atoms with E-state index in [0.717, 1.165) is 32.0 Å². The molecule has 0 unspecified atom stereocenters. The summed E-state index contributed by atoms with van der Waals surface area (Å²) >= 11 is 20.1. The number of nitriles is 3. The van der Waals surface area contributed by atoms with Gasteiger partial charge < -0.3 is 129 Å². The van der Waals surface area contributed by atoms with Gasteiger partial charge in [-0.15, -0.1) is 0 Å². The third kappa shape index (κ3) is 40.3. The summed E-state index contributed by atoms with van der Waals surface area (Å²) in [5.41, 5.74) is 11.8. The minimum atomic E-state index is 0. The Morgan fingerprint density at radius 2 is 0.376 bits per heavy atom. The van der Waals surface area contributed by atoms with Crippen molar-refractivity contribution in [1.29, 1.82) is 15.8 Å². The molecule has 21 nitrogen and oxygen atoms in total. The maximum atomic E-state index is 7.32. The Balaban J connectivity index is 0.000000270. The van der Waals surface area contributed by atoms with E-state index in [0.29, 0.717) is 0 Å². The van der Waals surface area contributed by atoms with Crippen LogP contribution in [0.4, 0.5) is 0 Å². The zero-order chi connectivity index (χ0) is 89.5. The van der Waals surface area contributed by atoms with Crippen LogP contribution in [0, 0.1) is 34.0 Å². The molecular formula is C100H161Br12N21. The second-order valence-corrected chi connectivity index (χ2v) is 42.3. The van der Waals surface area contributed by atoms with Crippen LogP contribution in [0.5, 0.6) is 0 Å². The molecule has 0 aliphatic carbocycles. The van der Waals surface area contributed by atoms with Crippen LogP contribution in [-0.4, -0.2) is 463 Å². The molecule has 27 fully saturated rings. The van der Waals surface area contributed by atoms with Crippen LogP contribution in [0.1, 0.15) is 65.3 Å². The van der Waals surface area contributed by atoms with Gasteiger partial charge in [-0.3, -0.25) is 58.8 Å². The molecule has 0 N–H and O–H groups in total. The van der Waals surface area contributed by atoms with Gasteiger partial charge in [0.2, 0.25) is 0 Å². The molecule has 0 saturated carbocycles. The first-order chi connectivity index (χ1) is 62.0. The van der Waals surface area contributed by atoms with E-state index in [1.807, 2.05) is 0 Å². The highest BCUT2D eigenvalue weighted by Gasteiger charge is 2.45. The molecule has 133 heavy (non-hydrogen) atoms. The van der Waals surface area contributed by atoms with Crippen molar-refractivity contribution in [2.45, 2.75) is 68.3 Å². The number of piperazine rings is 27. The van der Waals surface area contributed by atoms with E-state index in [9.17, 15) is 0 Å². The summed E-state index contributed by atoms with van der Waals surface area (Å²) in [5, 5.41) is 27.6. The summed E-state index contributed by atoms with van der Waals surface area (Å²) in [6, 6.07) is 41.3. The first kappa shape index (κ1) is 123. The first-order valence-corrected chi connectivity index (χ1v) is 55.4. The number of alkyl halides is 6. The summed E-state index contributed by atoms with van der Waals surface area (Å²) in [5.74, 6) is 0. The van der Waals surface area contributed by atoms with Crippen LogP contribution in [0.2, 0.25) is 0 Å². The van der Waals surface area contributed by atoms with Crippen molar-refractivity contribution >= 4 is 95.6 Å². The Hall–Kier alpha value is -0.130. The third-order valence-electron chi connectivity index (χ3n) is 31.0. The Morgan fingerprint density at radius 3 is 0.541 bits per heavy atom. The molecule has 0 spiro atoms. The number of hydrogen-bond donors (Lipinski definition) is 0. The zero-order valence-electron chi connectivity index (χ0n) is 80.6. The highest BCUT2D eigenvalue weighted by atomic mass is 79.9. The average Bonchev–Trinajstić information content (AvgIpc) is 0.771. The van der Waals surface area contributed by atoms with E-state index < -0.39 is 0 Å². The van der Waals surface area contributed by atoms with Gasteiger partial charge in [-0.1, -0.05) is 205 Å². The first-order valence-electron chi connectivity index (χ1n) is 48.7. The number of halogens is 12. The second-order valence-electron chi connectivity index (χ2n) is 38.8. The summed E-state index contributed by atoms with van der Waals surface area (Å²) < 4.78 is 8.13. The monoisotopic (exact) mass is 2600 g/mol. The van der Waals surface area contributed by atoms with Crippen molar-refractivity contribution in [2.75, 3.05) is 377 Å². The lowest BCUT2D eigenvalue weighted by atomic mass is 10.0. The topological polar surface area (TPSA) is 110 Å². The minimum absolute atomic E-state index is 0. The highest BCUT2D eigenvalue weighted by molar-refractivity contribution is 9.09. The average molecular weight is 2620 g/mol. The number of fused-ring (bicyclic) bond motifs is 27. The van der Waals surface area contributed by atoms with Crippen LogP contribution >= 0.6 is 95.6 Å². The molecule has 18 bridgehead atoms. The molecule has 0 aromatic heterocycles. The van der Waals surface area contributed by atoms with E-state index in [2.05, 4.69) is 276 Å². The summed E-state index contributed by atoms with van der Waals surface area (Å²) in [6.07, 6.45) is 9.15. The normalized spacial score (nSPS) is 32.1. The fourth-order valence-corrected chi connectivity index (χ4v) is 24.2. The molecule has 27 aliphatic rings. The molecule has 31 rings (SSSR count). The van der Waals surface area contributed by atoms with E-state index in [1.54, 1.807) is 40.5 Å². The number of rotatable bonds is 18. The van der Waals surface area contributed by atoms with E-state index in [-0.39, 0.29) is 102 Å². The molecular weight excluding hydrogens is 2450 g/mol. The molecule has 27 saturated heterocycles. The maximum Gasteiger partial charge on any atom is 0.105 e. The smallest absolute Gasteiger partial charge is 0.105 e.